The molecule has 0 bridgehead atoms. The van der Waals surface area contributed by atoms with Crippen LogP contribution in [0, 0.1) is 0 Å². The summed E-state index contributed by atoms with van der Waals surface area (Å²) in [4.78, 5) is 30.0. The van der Waals surface area contributed by atoms with Crippen molar-refractivity contribution in [3.8, 4) is 0 Å². The van der Waals surface area contributed by atoms with Crippen molar-refractivity contribution in [2.24, 2.45) is 0 Å². The van der Waals surface area contributed by atoms with Crippen LogP contribution in [0.15, 0.2) is 24.3 Å². The molecule has 1 aliphatic heterocycles. The second kappa shape index (κ2) is 8.67. The minimum Gasteiger partial charge on any atom is -0.358 e. The summed E-state index contributed by atoms with van der Waals surface area (Å²) in [6, 6.07) is 8.50. The van der Waals surface area contributed by atoms with Crippen molar-refractivity contribution in [1.82, 2.24) is 20.5 Å². The SMILES string of the molecule is O=C(NCCCC(=O)N1CCc2[nH]c3ccccc3c2C1)NC1CCCCC1. The average molecular weight is 383 g/mol. The molecule has 4 rings (SSSR count). The number of rotatable bonds is 5. The van der Waals surface area contributed by atoms with Gasteiger partial charge in [-0.25, -0.2) is 4.79 Å². The molecule has 0 spiro atoms. The van der Waals surface area contributed by atoms with Crippen molar-refractivity contribution in [2.45, 2.75) is 64.0 Å². The van der Waals surface area contributed by atoms with Crippen molar-refractivity contribution < 1.29 is 9.59 Å². The molecule has 0 atom stereocenters. The van der Waals surface area contributed by atoms with Crippen LogP contribution in [-0.4, -0.2) is 41.0 Å². The van der Waals surface area contributed by atoms with Gasteiger partial charge in [0.15, 0.2) is 0 Å². The Balaban J connectivity index is 1.21. The number of urea groups is 1. The Morgan fingerprint density at radius 3 is 2.82 bits per heavy atom. The van der Waals surface area contributed by atoms with Crippen molar-refractivity contribution in [3.63, 3.8) is 0 Å². The maximum Gasteiger partial charge on any atom is 0.315 e. The van der Waals surface area contributed by atoms with Crippen LogP contribution in [0.4, 0.5) is 4.79 Å². The van der Waals surface area contributed by atoms with Gasteiger partial charge in [-0.3, -0.25) is 4.79 Å². The molecule has 1 fully saturated rings. The Morgan fingerprint density at radius 1 is 1.14 bits per heavy atom. The number of amides is 3. The lowest BCUT2D eigenvalue weighted by Gasteiger charge is -2.27. The zero-order valence-corrected chi connectivity index (χ0v) is 16.4. The Bertz CT molecular complexity index is 838. The first-order valence-electron chi connectivity index (χ1n) is 10.6. The number of H-pyrrole nitrogens is 1. The highest BCUT2D eigenvalue weighted by molar-refractivity contribution is 5.86. The first-order chi connectivity index (χ1) is 13.7. The van der Waals surface area contributed by atoms with Gasteiger partial charge < -0.3 is 20.5 Å². The van der Waals surface area contributed by atoms with E-state index in [2.05, 4.69) is 27.8 Å². The second-order valence-corrected chi connectivity index (χ2v) is 8.03. The van der Waals surface area contributed by atoms with Crippen molar-refractivity contribution >= 4 is 22.8 Å². The summed E-state index contributed by atoms with van der Waals surface area (Å²) in [6.07, 6.45) is 7.86. The fourth-order valence-electron chi connectivity index (χ4n) is 4.46. The summed E-state index contributed by atoms with van der Waals surface area (Å²) >= 11 is 0. The summed E-state index contributed by atoms with van der Waals surface area (Å²) in [7, 11) is 0. The van der Waals surface area contributed by atoms with Gasteiger partial charge in [0.2, 0.25) is 5.91 Å². The van der Waals surface area contributed by atoms with E-state index in [1.54, 1.807) is 0 Å². The molecular formula is C22H30N4O2. The molecule has 6 nitrogen and oxygen atoms in total. The predicted molar refractivity (Wildman–Crippen MR) is 110 cm³/mol. The molecule has 0 saturated heterocycles. The first kappa shape index (κ1) is 18.8. The van der Waals surface area contributed by atoms with E-state index in [1.165, 1.54) is 35.9 Å². The smallest absolute Gasteiger partial charge is 0.315 e. The first-order valence-corrected chi connectivity index (χ1v) is 10.6. The zero-order valence-electron chi connectivity index (χ0n) is 16.4. The van der Waals surface area contributed by atoms with E-state index < -0.39 is 0 Å². The van der Waals surface area contributed by atoms with Gasteiger partial charge in [0.25, 0.3) is 0 Å². The lowest BCUT2D eigenvalue weighted by atomic mass is 9.96. The molecule has 1 saturated carbocycles. The molecule has 2 aromatic rings. The van der Waals surface area contributed by atoms with Gasteiger partial charge in [0.1, 0.15) is 0 Å². The third-order valence-electron chi connectivity index (χ3n) is 6.03. The van der Waals surface area contributed by atoms with E-state index >= 15 is 0 Å². The monoisotopic (exact) mass is 382 g/mol. The van der Waals surface area contributed by atoms with Crippen LogP contribution in [-0.2, 0) is 17.8 Å². The molecule has 28 heavy (non-hydrogen) atoms. The summed E-state index contributed by atoms with van der Waals surface area (Å²) < 4.78 is 0. The highest BCUT2D eigenvalue weighted by Gasteiger charge is 2.23. The second-order valence-electron chi connectivity index (χ2n) is 8.03. The van der Waals surface area contributed by atoms with Crippen LogP contribution in [0.5, 0.6) is 0 Å². The van der Waals surface area contributed by atoms with Crippen LogP contribution < -0.4 is 10.6 Å². The maximum atomic E-state index is 12.6. The number of aromatic nitrogens is 1. The molecule has 0 unspecified atom stereocenters. The molecule has 1 aliphatic carbocycles. The van der Waals surface area contributed by atoms with Crippen molar-refractivity contribution in [3.05, 3.63) is 35.5 Å². The van der Waals surface area contributed by atoms with Gasteiger partial charge >= 0.3 is 6.03 Å². The van der Waals surface area contributed by atoms with E-state index in [-0.39, 0.29) is 11.9 Å². The lowest BCUT2D eigenvalue weighted by molar-refractivity contribution is -0.132. The van der Waals surface area contributed by atoms with Gasteiger partial charge in [-0.2, -0.15) is 0 Å². The Morgan fingerprint density at radius 2 is 1.96 bits per heavy atom. The number of hydrogen-bond acceptors (Lipinski definition) is 2. The molecule has 2 aliphatic rings. The Labute approximate surface area is 166 Å². The van der Waals surface area contributed by atoms with Gasteiger partial charge in [0, 0.05) is 60.7 Å². The Kier molecular flexibility index (Phi) is 5.84. The maximum absolute atomic E-state index is 12.6. The number of hydrogen-bond donors (Lipinski definition) is 3. The molecule has 150 valence electrons. The topological polar surface area (TPSA) is 77.2 Å². The average Bonchev–Trinajstić information content (AvgIpc) is 3.09. The molecule has 0 radical (unpaired) electrons. The Hall–Kier alpha value is -2.50. The molecule has 3 amide bonds. The lowest BCUT2D eigenvalue weighted by Crippen LogP contribution is -2.43. The summed E-state index contributed by atoms with van der Waals surface area (Å²) in [6.45, 7) is 1.97. The number of carbonyl (C=O) groups is 2. The van der Waals surface area contributed by atoms with Crippen LogP contribution in [0.1, 0.15) is 56.2 Å². The van der Waals surface area contributed by atoms with Crippen molar-refractivity contribution in [2.75, 3.05) is 13.1 Å². The van der Waals surface area contributed by atoms with Crippen LogP contribution in [0.25, 0.3) is 10.9 Å². The van der Waals surface area contributed by atoms with Gasteiger partial charge in [0.05, 0.1) is 0 Å². The third-order valence-corrected chi connectivity index (χ3v) is 6.03. The third kappa shape index (κ3) is 4.32. The molecule has 6 heteroatoms. The summed E-state index contributed by atoms with van der Waals surface area (Å²) in [5.74, 6) is 0.172. The highest BCUT2D eigenvalue weighted by atomic mass is 16.2. The quantitative estimate of drug-likeness (QED) is 0.693. The molecule has 1 aromatic carbocycles. The normalized spacial score (nSPS) is 17.4. The molecule has 2 heterocycles. The van der Waals surface area contributed by atoms with E-state index in [0.717, 1.165) is 31.3 Å². The summed E-state index contributed by atoms with van der Waals surface area (Å²) in [5, 5.41) is 7.16. The zero-order chi connectivity index (χ0) is 19.3. The number of fused-ring (bicyclic) bond motifs is 3. The number of nitrogens with one attached hydrogen (secondary N) is 3. The standard InChI is InChI=1S/C22H30N4O2/c27-21(11-6-13-23-22(28)24-16-7-2-1-3-8-16)26-14-12-20-18(15-26)17-9-4-5-10-19(17)25-20/h4-5,9-10,16,25H,1-3,6-8,11-15H2,(H2,23,24,28). The highest BCUT2D eigenvalue weighted by Crippen LogP contribution is 2.27. The number of nitrogens with zero attached hydrogens (tertiary/aromatic N) is 1. The van der Waals surface area contributed by atoms with E-state index in [1.807, 2.05) is 17.0 Å². The molecular weight excluding hydrogens is 352 g/mol. The van der Waals surface area contributed by atoms with E-state index in [0.29, 0.717) is 32.0 Å². The summed E-state index contributed by atoms with van der Waals surface area (Å²) in [5.41, 5.74) is 3.65. The fraction of sp³-hybridized carbons (Fsp3) is 0.545. The van der Waals surface area contributed by atoms with E-state index in [4.69, 9.17) is 0 Å². The number of benzene rings is 1. The molecule has 3 N–H and O–H groups in total. The van der Waals surface area contributed by atoms with Crippen molar-refractivity contribution in [1.29, 1.82) is 0 Å². The van der Waals surface area contributed by atoms with Gasteiger partial charge in [-0.05, 0) is 25.3 Å². The van der Waals surface area contributed by atoms with Crippen LogP contribution >= 0.6 is 0 Å². The predicted octanol–water partition coefficient (Wildman–Crippen LogP) is 3.46. The number of carbonyl (C=O) groups excluding carboxylic acids is 2. The van der Waals surface area contributed by atoms with Crippen LogP contribution in [0.3, 0.4) is 0 Å². The van der Waals surface area contributed by atoms with Crippen LogP contribution in [0.2, 0.25) is 0 Å². The fourth-order valence-corrected chi connectivity index (χ4v) is 4.46. The number of aromatic amines is 1. The number of para-hydroxylation sites is 1. The minimum absolute atomic E-state index is 0.0965. The largest absolute Gasteiger partial charge is 0.358 e. The van der Waals surface area contributed by atoms with Gasteiger partial charge in [-0.1, -0.05) is 37.5 Å². The minimum atomic E-state index is -0.0965. The van der Waals surface area contributed by atoms with E-state index in [9.17, 15) is 9.59 Å². The van der Waals surface area contributed by atoms with Gasteiger partial charge in [-0.15, -0.1) is 0 Å². The molecule has 1 aromatic heterocycles.